The summed E-state index contributed by atoms with van der Waals surface area (Å²) >= 11 is 0. The molecule has 0 saturated heterocycles. The quantitative estimate of drug-likeness (QED) is 0.415. The van der Waals surface area contributed by atoms with Gasteiger partial charge in [0.15, 0.2) is 0 Å². The van der Waals surface area contributed by atoms with Crippen LogP contribution in [0.15, 0.2) is 91.0 Å². The lowest BCUT2D eigenvalue weighted by Crippen LogP contribution is -2.46. The first kappa shape index (κ1) is 19.7. The number of nitrogens with one attached hydrogen (secondary N) is 1. The summed E-state index contributed by atoms with van der Waals surface area (Å²) in [4.78, 5) is 30.5. The predicted octanol–water partition coefficient (Wildman–Crippen LogP) is 4.37. The third-order valence-electron chi connectivity index (χ3n) is 5.77. The first-order valence-corrected chi connectivity index (χ1v) is 10.5. The van der Waals surface area contributed by atoms with Gasteiger partial charge in [-0.05, 0) is 28.5 Å². The second kappa shape index (κ2) is 8.12. The molecule has 5 nitrogen and oxygen atoms in total. The number of fused-ring (bicyclic) bond motifs is 3. The number of primary amides is 1. The number of nitrogens with two attached hydrogens (primary N) is 1. The SMILES string of the molecule is NC(=O)[C@@H](Cc1cccc2ccccc12)NC(=O)c1c2ccccc2nc2ccccc12. The van der Waals surface area contributed by atoms with E-state index in [1.54, 1.807) is 0 Å². The van der Waals surface area contributed by atoms with Crippen LogP contribution < -0.4 is 11.1 Å². The van der Waals surface area contributed by atoms with E-state index < -0.39 is 11.9 Å². The number of carbonyl (C=O) groups is 2. The van der Waals surface area contributed by atoms with Crippen LogP contribution in [0.2, 0.25) is 0 Å². The van der Waals surface area contributed by atoms with E-state index in [1.807, 2.05) is 91.0 Å². The zero-order valence-electron chi connectivity index (χ0n) is 17.3. The van der Waals surface area contributed by atoms with Crippen LogP contribution in [0.3, 0.4) is 0 Å². The van der Waals surface area contributed by atoms with E-state index in [0.717, 1.165) is 38.1 Å². The fourth-order valence-corrected chi connectivity index (χ4v) is 4.23. The van der Waals surface area contributed by atoms with Crippen molar-refractivity contribution in [1.82, 2.24) is 10.3 Å². The maximum absolute atomic E-state index is 13.5. The number of hydrogen-bond donors (Lipinski definition) is 2. The highest BCUT2D eigenvalue weighted by Gasteiger charge is 2.23. The minimum atomic E-state index is -0.848. The Bertz CT molecular complexity index is 1430. The van der Waals surface area contributed by atoms with Gasteiger partial charge in [-0.2, -0.15) is 0 Å². The molecule has 3 N–H and O–H groups in total. The Morgan fingerprint density at radius 2 is 1.31 bits per heavy atom. The molecule has 32 heavy (non-hydrogen) atoms. The Balaban J connectivity index is 1.55. The van der Waals surface area contributed by atoms with Crippen molar-refractivity contribution in [2.75, 3.05) is 0 Å². The van der Waals surface area contributed by atoms with E-state index in [2.05, 4.69) is 10.3 Å². The maximum Gasteiger partial charge on any atom is 0.253 e. The molecule has 0 spiro atoms. The van der Waals surface area contributed by atoms with Crippen LogP contribution in [0.1, 0.15) is 15.9 Å². The Hall–Kier alpha value is -4.25. The smallest absolute Gasteiger partial charge is 0.253 e. The molecule has 156 valence electrons. The lowest BCUT2D eigenvalue weighted by Gasteiger charge is -2.18. The largest absolute Gasteiger partial charge is 0.368 e. The van der Waals surface area contributed by atoms with Gasteiger partial charge in [-0.15, -0.1) is 0 Å². The maximum atomic E-state index is 13.5. The molecule has 5 heteroatoms. The summed E-state index contributed by atoms with van der Waals surface area (Å²) in [5.41, 5.74) is 8.61. The summed E-state index contributed by atoms with van der Waals surface area (Å²) in [5, 5.41) is 6.47. The highest BCUT2D eigenvalue weighted by Crippen LogP contribution is 2.26. The van der Waals surface area contributed by atoms with Crippen LogP contribution in [0, 0.1) is 0 Å². The highest BCUT2D eigenvalue weighted by molar-refractivity contribution is 6.16. The molecule has 5 rings (SSSR count). The minimum Gasteiger partial charge on any atom is -0.368 e. The minimum absolute atomic E-state index is 0.309. The summed E-state index contributed by atoms with van der Waals surface area (Å²) < 4.78 is 0. The van der Waals surface area contributed by atoms with Crippen molar-refractivity contribution in [2.24, 2.45) is 5.73 Å². The van der Waals surface area contributed by atoms with Gasteiger partial charge in [-0.25, -0.2) is 4.98 Å². The van der Waals surface area contributed by atoms with E-state index in [9.17, 15) is 9.59 Å². The topological polar surface area (TPSA) is 85.1 Å². The number of carbonyl (C=O) groups excluding carboxylic acids is 2. The van der Waals surface area contributed by atoms with Crippen molar-refractivity contribution in [3.05, 3.63) is 102 Å². The number of para-hydroxylation sites is 2. The van der Waals surface area contributed by atoms with Crippen molar-refractivity contribution in [2.45, 2.75) is 12.5 Å². The van der Waals surface area contributed by atoms with Gasteiger partial charge in [-0.1, -0.05) is 78.9 Å². The fourth-order valence-electron chi connectivity index (χ4n) is 4.23. The molecule has 4 aromatic carbocycles. The molecule has 0 bridgehead atoms. The van der Waals surface area contributed by atoms with E-state index in [4.69, 9.17) is 5.73 Å². The first-order valence-electron chi connectivity index (χ1n) is 10.5. The molecule has 0 saturated carbocycles. The summed E-state index contributed by atoms with van der Waals surface area (Å²) in [5.74, 6) is -0.919. The molecule has 5 aromatic rings. The third-order valence-corrected chi connectivity index (χ3v) is 5.77. The molecular formula is C27H21N3O2. The van der Waals surface area contributed by atoms with E-state index in [1.165, 1.54) is 0 Å². The van der Waals surface area contributed by atoms with E-state index in [-0.39, 0.29) is 5.91 Å². The Morgan fingerprint density at radius 1 is 0.750 bits per heavy atom. The second-order valence-corrected chi connectivity index (χ2v) is 7.79. The van der Waals surface area contributed by atoms with Crippen LogP contribution in [-0.2, 0) is 11.2 Å². The van der Waals surface area contributed by atoms with Crippen molar-refractivity contribution < 1.29 is 9.59 Å². The molecule has 0 fully saturated rings. The third kappa shape index (κ3) is 3.54. The normalized spacial score (nSPS) is 12.1. The number of benzene rings is 4. The van der Waals surface area contributed by atoms with Gasteiger partial charge in [0, 0.05) is 17.2 Å². The van der Waals surface area contributed by atoms with Gasteiger partial charge >= 0.3 is 0 Å². The van der Waals surface area contributed by atoms with Crippen molar-refractivity contribution in [3.63, 3.8) is 0 Å². The van der Waals surface area contributed by atoms with Crippen LogP contribution >= 0.6 is 0 Å². The molecule has 1 aromatic heterocycles. The number of amides is 2. The lowest BCUT2D eigenvalue weighted by atomic mass is 9.97. The van der Waals surface area contributed by atoms with Gasteiger partial charge in [0.05, 0.1) is 16.6 Å². The van der Waals surface area contributed by atoms with Crippen molar-refractivity contribution >= 4 is 44.4 Å². The molecule has 1 atom stereocenters. The van der Waals surface area contributed by atoms with E-state index in [0.29, 0.717) is 12.0 Å². The molecule has 0 aliphatic carbocycles. The fraction of sp³-hybridized carbons (Fsp3) is 0.0741. The molecule has 0 aliphatic heterocycles. The highest BCUT2D eigenvalue weighted by atomic mass is 16.2. The van der Waals surface area contributed by atoms with Crippen LogP contribution in [0.5, 0.6) is 0 Å². The summed E-state index contributed by atoms with van der Waals surface area (Å²) in [6.07, 6.45) is 0.309. The van der Waals surface area contributed by atoms with Crippen molar-refractivity contribution in [1.29, 1.82) is 0 Å². The number of hydrogen-bond acceptors (Lipinski definition) is 3. The molecule has 2 amide bonds. The predicted molar refractivity (Wildman–Crippen MR) is 127 cm³/mol. The number of aromatic nitrogens is 1. The number of pyridine rings is 1. The first-order chi connectivity index (χ1) is 15.6. The summed E-state index contributed by atoms with van der Waals surface area (Å²) in [7, 11) is 0. The molecule has 0 aliphatic rings. The molecule has 1 heterocycles. The lowest BCUT2D eigenvalue weighted by molar-refractivity contribution is -0.119. The number of nitrogens with zero attached hydrogens (tertiary/aromatic N) is 1. The van der Waals surface area contributed by atoms with Gasteiger partial charge in [-0.3, -0.25) is 9.59 Å². The van der Waals surface area contributed by atoms with Crippen LogP contribution in [-0.4, -0.2) is 22.8 Å². The average Bonchev–Trinajstić information content (AvgIpc) is 2.82. The Labute approximate surface area is 184 Å². The molecule has 0 unspecified atom stereocenters. The average molecular weight is 419 g/mol. The monoisotopic (exact) mass is 419 g/mol. The van der Waals surface area contributed by atoms with Gasteiger partial charge in [0.25, 0.3) is 5.91 Å². The zero-order chi connectivity index (χ0) is 22.1. The van der Waals surface area contributed by atoms with Gasteiger partial charge in [0.1, 0.15) is 6.04 Å². The standard InChI is InChI=1S/C27H21N3O2/c28-26(31)24(16-18-10-7-9-17-8-1-2-11-19(17)18)30-27(32)25-20-12-3-5-14-22(20)29-23-15-6-4-13-21(23)25/h1-15,24H,16H2,(H2,28,31)(H,30,32)/t24-/m1/s1. The van der Waals surface area contributed by atoms with Crippen LogP contribution in [0.4, 0.5) is 0 Å². The number of rotatable bonds is 5. The van der Waals surface area contributed by atoms with Crippen LogP contribution in [0.25, 0.3) is 32.6 Å². The molecule has 0 radical (unpaired) electrons. The Kier molecular flexibility index (Phi) is 5.00. The Morgan fingerprint density at radius 3 is 1.97 bits per heavy atom. The van der Waals surface area contributed by atoms with Gasteiger partial charge < -0.3 is 11.1 Å². The summed E-state index contributed by atoms with van der Waals surface area (Å²) in [6, 6.07) is 28.0. The molecular weight excluding hydrogens is 398 g/mol. The summed E-state index contributed by atoms with van der Waals surface area (Å²) in [6.45, 7) is 0. The van der Waals surface area contributed by atoms with Crippen molar-refractivity contribution in [3.8, 4) is 0 Å². The second-order valence-electron chi connectivity index (χ2n) is 7.79. The van der Waals surface area contributed by atoms with Gasteiger partial charge in [0.2, 0.25) is 5.91 Å². The zero-order valence-corrected chi connectivity index (χ0v) is 17.3. The van der Waals surface area contributed by atoms with E-state index >= 15 is 0 Å².